The average molecular weight is 254 g/mol. The molecule has 0 aliphatic carbocycles. The van der Waals surface area contributed by atoms with Crippen LogP contribution in [0.4, 0.5) is 11.8 Å². The highest BCUT2D eigenvalue weighted by Gasteiger charge is 2.05. The zero-order chi connectivity index (χ0) is 13.1. The van der Waals surface area contributed by atoms with Crippen LogP contribution in [0.3, 0.4) is 0 Å². The maximum atomic E-state index is 5.71. The molecule has 3 aromatic rings. The van der Waals surface area contributed by atoms with Gasteiger partial charge in [-0.25, -0.2) is 4.98 Å². The number of nitrogens with two attached hydrogens (primary N) is 1. The lowest BCUT2D eigenvalue weighted by Gasteiger charge is -2.08. The minimum atomic E-state index is 0.277. The van der Waals surface area contributed by atoms with Crippen molar-refractivity contribution < 1.29 is 4.42 Å². The van der Waals surface area contributed by atoms with Crippen LogP contribution in [0.2, 0.25) is 0 Å². The van der Waals surface area contributed by atoms with Gasteiger partial charge in [0.05, 0.1) is 11.8 Å². The average Bonchev–Trinajstić information content (AvgIpc) is 2.91. The van der Waals surface area contributed by atoms with Crippen LogP contribution in [0, 0.1) is 0 Å². The molecule has 3 N–H and O–H groups in total. The second kappa shape index (κ2) is 4.97. The molecule has 0 spiro atoms. The lowest BCUT2D eigenvalue weighted by molar-refractivity contribution is 0.513. The minimum Gasteiger partial charge on any atom is -0.469 e. The number of furan rings is 1. The molecule has 0 fully saturated rings. The number of hydrogen-bond acceptors (Lipinski definition) is 5. The predicted molar refractivity (Wildman–Crippen MR) is 74.9 cm³/mol. The van der Waals surface area contributed by atoms with Gasteiger partial charge in [-0.05, 0) is 24.3 Å². The van der Waals surface area contributed by atoms with Gasteiger partial charge in [-0.15, -0.1) is 0 Å². The zero-order valence-corrected chi connectivity index (χ0v) is 10.3. The summed E-state index contributed by atoms with van der Waals surface area (Å²) in [4.78, 5) is 8.45. The van der Waals surface area contributed by atoms with Gasteiger partial charge >= 0.3 is 0 Å². The summed E-state index contributed by atoms with van der Waals surface area (Å²) in [5.41, 5.74) is 6.55. The Kier molecular flexibility index (Phi) is 3.02. The van der Waals surface area contributed by atoms with Crippen molar-refractivity contribution in [2.24, 2.45) is 0 Å². The quantitative estimate of drug-likeness (QED) is 0.747. The van der Waals surface area contributed by atoms with E-state index in [-0.39, 0.29) is 5.95 Å². The fourth-order valence-electron chi connectivity index (χ4n) is 1.99. The molecule has 19 heavy (non-hydrogen) atoms. The molecule has 5 nitrogen and oxygen atoms in total. The van der Waals surface area contributed by atoms with E-state index in [1.54, 1.807) is 6.26 Å². The summed E-state index contributed by atoms with van der Waals surface area (Å²) < 4.78 is 5.29. The lowest BCUT2D eigenvalue weighted by atomic mass is 10.2. The summed E-state index contributed by atoms with van der Waals surface area (Å²) in [6.07, 6.45) is 2.47. The molecule has 0 aliphatic rings. The highest BCUT2D eigenvalue weighted by molar-refractivity contribution is 5.89. The number of fused-ring (bicyclic) bond motifs is 1. The molecule has 0 amide bonds. The molecule has 0 unspecified atom stereocenters. The topological polar surface area (TPSA) is 77.0 Å². The molecule has 5 heteroatoms. The second-order valence-corrected chi connectivity index (χ2v) is 4.20. The zero-order valence-electron chi connectivity index (χ0n) is 10.3. The number of benzene rings is 1. The van der Waals surface area contributed by atoms with Crippen LogP contribution in [0.25, 0.3) is 10.9 Å². The highest BCUT2D eigenvalue weighted by Crippen LogP contribution is 2.20. The Morgan fingerprint density at radius 1 is 1.11 bits per heavy atom. The molecular weight excluding hydrogens is 240 g/mol. The first-order valence-electron chi connectivity index (χ1n) is 6.11. The third-order valence-electron chi connectivity index (χ3n) is 2.86. The van der Waals surface area contributed by atoms with E-state index < -0.39 is 0 Å². The standard InChI is InChI=1S/C14H14N4O/c15-14-17-12-6-2-1-5-11(12)13(18-14)16-8-7-10-4-3-9-19-10/h1-6,9H,7-8H2,(H3,15,16,17,18). The maximum Gasteiger partial charge on any atom is 0.222 e. The Hall–Kier alpha value is -2.56. The van der Waals surface area contributed by atoms with E-state index in [0.717, 1.165) is 35.4 Å². The normalized spacial score (nSPS) is 10.7. The third kappa shape index (κ3) is 2.49. The number of nitrogen functional groups attached to an aromatic ring is 1. The van der Waals surface area contributed by atoms with Crippen LogP contribution >= 0.6 is 0 Å². The molecule has 0 bridgehead atoms. The molecule has 96 valence electrons. The van der Waals surface area contributed by atoms with Crippen molar-refractivity contribution in [3.63, 3.8) is 0 Å². The molecule has 2 aromatic heterocycles. The number of nitrogens with one attached hydrogen (secondary N) is 1. The lowest BCUT2D eigenvalue weighted by Crippen LogP contribution is -2.08. The van der Waals surface area contributed by atoms with Gasteiger partial charge in [-0.2, -0.15) is 4.98 Å². The van der Waals surface area contributed by atoms with Crippen LogP contribution in [0.5, 0.6) is 0 Å². The highest BCUT2D eigenvalue weighted by atomic mass is 16.3. The summed E-state index contributed by atoms with van der Waals surface area (Å²) in [5.74, 6) is 1.98. The smallest absolute Gasteiger partial charge is 0.222 e. The molecule has 2 heterocycles. The van der Waals surface area contributed by atoms with E-state index >= 15 is 0 Å². The van der Waals surface area contributed by atoms with E-state index in [2.05, 4.69) is 15.3 Å². The van der Waals surface area contributed by atoms with Gasteiger partial charge in [0, 0.05) is 18.4 Å². The molecule has 0 saturated heterocycles. The monoisotopic (exact) mass is 254 g/mol. The van der Waals surface area contributed by atoms with E-state index in [1.165, 1.54) is 0 Å². The van der Waals surface area contributed by atoms with Crippen LogP contribution < -0.4 is 11.1 Å². The second-order valence-electron chi connectivity index (χ2n) is 4.20. The predicted octanol–water partition coefficient (Wildman–Crippen LogP) is 2.46. The van der Waals surface area contributed by atoms with E-state index in [0.29, 0.717) is 0 Å². The van der Waals surface area contributed by atoms with Gasteiger partial charge < -0.3 is 15.5 Å². The number of anilines is 2. The van der Waals surface area contributed by atoms with Crippen molar-refractivity contribution in [3.05, 3.63) is 48.4 Å². The van der Waals surface area contributed by atoms with Gasteiger partial charge in [0.2, 0.25) is 5.95 Å². The summed E-state index contributed by atoms with van der Waals surface area (Å²) in [6, 6.07) is 11.6. The van der Waals surface area contributed by atoms with E-state index in [1.807, 2.05) is 36.4 Å². The van der Waals surface area contributed by atoms with Crippen LogP contribution in [0.15, 0.2) is 47.1 Å². The molecule has 3 rings (SSSR count). The van der Waals surface area contributed by atoms with Crippen LogP contribution in [0.1, 0.15) is 5.76 Å². The first-order valence-corrected chi connectivity index (χ1v) is 6.11. The van der Waals surface area contributed by atoms with Gasteiger partial charge in [0.15, 0.2) is 0 Å². The maximum absolute atomic E-state index is 5.71. The Morgan fingerprint density at radius 3 is 2.84 bits per heavy atom. The molecule has 0 saturated carbocycles. The number of para-hydroxylation sites is 1. The van der Waals surface area contributed by atoms with E-state index in [9.17, 15) is 0 Å². The number of rotatable bonds is 4. The van der Waals surface area contributed by atoms with Crippen molar-refractivity contribution in [2.75, 3.05) is 17.6 Å². The number of hydrogen-bond donors (Lipinski definition) is 2. The Morgan fingerprint density at radius 2 is 2.00 bits per heavy atom. The Bertz CT molecular complexity index is 679. The summed E-state index contributed by atoms with van der Waals surface area (Å²) in [5, 5.41) is 4.24. The van der Waals surface area contributed by atoms with Crippen LogP contribution in [-0.4, -0.2) is 16.5 Å². The molecular formula is C14H14N4O. The Balaban J connectivity index is 1.80. The van der Waals surface area contributed by atoms with Crippen molar-refractivity contribution in [1.29, 1.82) is 0 Å². The summed E-state index contributed by atoms with van der Waals surface area (Å²) >= 11 is 0. The van der Waals surface area contributed by atoms with Crippen molar-refractivity contribution >= 4 is 22.7 Å². The van der Waals surface area contributed by atoms with Crippen molar-refractivity contribution in [1.82, 2.24) is 9.97 Å². The van der Waals surface area contributed by atoms with Crippen LogP contribution in [-0.2, 0) is 6.42 Å². The van der Waals surface area contributed by atoms with Crippen molar-refractivity contribution in [2.45, 2.75) is 6.42 Å². The SMILES string of the molecule is Nc1nc(NCCc2ccco2)c2ccccc2n1. The number of nitrogens with zero attached hydrogens (tertiary/aromatic N) is 2. The summed E-state index contributed by atoms with van der Waals surface area (Å²) in [7, 11) is 0. The van der Waals surface area contributed by atoms with Gasteiger partial charge in [-0.3, -0.25) is 0 Å². The first kappa shape index (κ1) is 11.5. The van der Waals surface area contributed by atoms with E-state index in [4.69, 9.17) is 10.2 Å². The Labute approximate surface area is 110 Å². The van der Waals surface area contributed by atoms with Gasteiger partial charge in [-0.1, -0.05) is 12.1 Å². The minimum absolute atomic E-state index is 0.277. The molecule has 0 atom stereocenters. The molecule has 1 aromatic carbocycles. The first-order chi connectivity index (χ1) is 9.33. The number of aromatic nitrogens is 2. The largest absolute Gasteiger partial charge is 0.469 e. The van der Waals surface area contributed by atoms with Gasteiger partial charge in [0.25, 0.3) is 0 Å². The van der Waals surface area contributed by atoms with Gasteiger partial charge in [0.1, 0.15) is 11.6 Å². The summed E-state index contributed by atoms with van der Waals surface area (Å²) in [6.45, 7) is 0.730. The molecule has 0 radical (unpaired) electrons. The fraction of sp³-hybridized carbons (Fsp3) is 0.143. The fourth-order valence-corrected chi connectivity index (χ4v) is 1.99. The van der Waals surface area contributed by atoms with Crippen molar-refractivity contribution in [3.8, 4) is 0 Å². The third-order valence-corrected chi connectivity index (χ3v) is 2.86. The molecule has 0 aliphatic heterocycles.